The summed E-state index contributed by atoms with van der Waals surface area (Å²) in [5.41, 5.74) is 5.35. The maximum Gasteiger partial charge on any atom is 0.220 e. The van der Waals surface area contributed by atoms with E-state index in [1.165, 1.54) is 0 Å². The van der Waals surface area contributed by atoms with Crippen molar-refractivity contribution < 1.29 is 20.1 Å². The van der Waals surface area contributed by atoms with Crippen LogP contribution in [-0.2, 0) is 17.8 Å². The Balaban J connectivity index is 1.10. The van der Waals surface area contributed by atoms with Gasteiger partial charge in [0, 0.05) is 105 Å². The van der Waals surface area contributed by atoms with Gasteiger partial charge in [-0.05, 0) is 60.5 Å². The molecule has 2 atom stereocenters. The molecule has 4 heterocycles. The predicted molar refractivity (Wildman–Crippen MR) is 180 cm³/mol. The van der Waals surface area contributed by atoms with E-state index in [2.05, 4.69) is 30.1 Å². The van der Waals surface area contributed by atoms with Crippen LogP contribution in [0.3, 0.4) is 0 Å². The molecule has 1 amide bonds. The van der Waals surface area contributed by atoms with E-state index < -0.39 is 6.10 Å². The summed E-state index contributed by atoms with van der Waals surface area (Å²) in [5.74, 6) is 0.257. The minimum Gasteiger partial charge on any atom is -0.508 e. The number of anilines is 2. The fourth-order valence-corrected chi connectivity index (χ4v) is 6.18. The monoisotopic (exact) mass is 633 g/mol. The van der Waals surface area contributed by atoms with E-state index in [4.69, 9.17) is 0 Å². The molecule has 0 radical (unpaired) electrons. The minimum absolute atomic E-state index is 0.0316. The SMILES string of the molecule is O=C(CCC1CN(c2ccncc2)CCN1c1cccc(O)c1)NCC(O)Cc1c(-c2ccncc2)ncn1Cc1cccc(O)c1. The molecule has 0 bridgehead atoms. The van der Waals surface area contributed by atoms with E-state index in [-0.39, 0.29) is 42.8 Å². The summed E-state index contributed by atoms with van der Waals surface area (Å²) in [6.45, 7) is 2.83. The number of aromatic nitrogens is 4. The first kappa shape index (κ1) is 31.6. The third-order valence-electron chi connectivity index (χ3n) is 8.50. The maximum atomic E-state index is 13.1. The smallest absolute Gasteiger partial charge is 0.220 e. The Bertz CT molecular complexity index is 1770. The van der Waals surface area contributed by atoms with Gasteiger partial charge in [0.25, 0.3) is 0 Å². The van der Waals surface area contributed by atoms with Gasteiger partial charge < -0.3 is 35.0 Å². The molecule has 11 nitrogen and oxygen atoms in total. The number of imidazole rings is 1. The number of hydrogen-bond donors (Lipinski definition) is 4. The van der Waals surface area contributed by atoms with Crippen LogP contribution in [-0.4, -0.2) is 79.1 Å². The first-order chi connectivity index (χ1) is 22.9. The van der Waals surface area contributed by atoms with Crippen molar-refractivity contribution in [1.29, 1.82) is 0 Å². The van der Waals surface area contributed by atoms with Crippen molar-refractivity contribution in [2.75, 3.05) is 36.0 Å². The molecule has 6 rings (SSSR count). The number of carbonyl (C=O) groups is 1. The van der Waals surface area contributed by atoms with E-state index in [0.717, 1.165) is 53.5 Å². The van der Waals surface area contributed by atoms with Crippen molar-refractivity contribution in [1.82, 2.24) is 24.8 Å². The fraction of sp³-hybridized carbons (Fsp3) is 0.278. The Kier molecular flexibility index (Phi) is 9.93. The van der Waals surface area contributed by atoms with Gasteiger partial charge in [-0.1, -0.05) is 18.2 Å². The van der Waals surface area contributed by atoms with Crippen LogP contribution in [0.4, 0.5) is 11.4 Å². The number of nitrogens with one attached hydrogen (secondary N) is 1. The predicted octanol–water partition coefficient (Wildman–Crippen LogP) is 3.99. The van der Waals surface area contributed by atoms with Crippen molar-refractivity contribution in [3.05, 3.63) is 115 Å². The molecule has 47 heavy (non-hydrogen) atoms. The lowest BCUT2D eigenvalue weighted by molar-refractivity contribution is -0.121. The zero-order valence-corrected chi connectivity index (χ0v) is 26.1. The van der Waals surface area contributed by atoms with Gasteiger partial charge in [-0.25, -0.2) is 4.98 Å². The number of aliphatic hydroxyl groups excluding tert-OH is 1. The molecule has 11 heteroatoms. The van der Waals surface area contributed by atoms with Crippen molar-refractivity contribution in [2.24, 2.45) is 0 Å². The average Bonchev–Trinajstić information content (AvgIpc) is 3.48. The zero-order chi connectivity index (χ0) is 32.6. The lowest BCUT2D eigenvalue weighted by Crippen LogP contribution is -2.53. The van der Waals surface area contributed by atoms with Gasteiger partial charge in [0.1, 0.15) is 11.5 Å². The highest BCUT2D eigenvalue weighted by molar-refractivity contribution is 5.76. The Labute approximate surface area is 273 Å². The molecule has 1 aliphatic heterocycles. The van der Waals surface area contributed by atoms with E-state index in [9.17, 15) is 20.1 Å². The van der Waals surface area contributed by atoms with Crippen molar-refractivity contribution >= 4 is 17.3 Å². The number of amides is 1. The molecule has 0 saturated carbocycles. The van der Waals surface area contributed by atoms with Crippen molar-refractivity contribution in [3.8, 4) is 22.8 Å². The van der Waals surface area contributed by atoms with Crippen LogP contribution in [0.5, 0.6) is 11.5 Å². The van der Waals surface area contributed by atoms with Gasteiger partial charge in [-0.2, -0.15) is 0 Å². The molecule has 2 unspecified atom stereocenters. The Morgan fingerprint density at radius 1 is 0.894 bits per heavy atom. The third kappa shape index (κ3) is 8.06. The van der Waals surface area contributed by atoms with Crippen LogP contribution in [0.15, 0.2) is 104 Å². The Morgan fingerprint density at radius 2 is 1.62 bits per heavy atom. The van der Waals surface area contributed by atoms with Crippen LogP contribution >= 0.6 is 0 Å². The highest BCUT2D eigenvalue weighted by atomic mass is 16.3. The standard InChI is InChI=1S/C36H39N7O4/c44-31-5-1-3-26(19-31)23-42-25-40-36(27-9-13-37-14-10-27)34(42)21-33(46)22-39-35(47)8-7-30-24-41(28-11-15-38-16-12-28)17-18-43(30)29-4-2-6-32(45)20-29/h1-6,9-16,19-20,25,30,33,44-46H,7-8,17-18,21-24H2,(H,39,47). The number of nitrogens with zero attached hydrogens (tertiary/aromatic N) is 6. The van der Waals surface area contributed by atoms with E-state index in [1.54, 1.807) is 61.4 Å². The number of benzene rings is 2. The number of phenols is 2. The zero-order valence-electron chi connectivity index (χ0n) is 26.1. The molecule has 0 spiro atoms. The van der Waals surface area contributed by atoms with Gasteiger partial charge >= 0.3 is 0 Å². The molecule has 1 saturated heterocycles. The largest absolute Gasteiger partial charge is 0.508 e. The van der Waals surface area contributed by atoms with Crippen molar-refractivity contribution in [2.45, 2.75) is 38.0 Å². The van der Waals surface area contributed by atoms with Gasteiger partial charge in [0.15, 0.2) is 0 Å². The maximum absolute atomic E-state index is 13.1. The molecular weight excluding hydrogens is 594 g/mol. The molecule has 1 aliphatic rings. The van der Waals surface area contributed by atoms with Crippen LogP contribution in [0.25, 0.3) is 11.3 Å². The summed E-state index contributed by atoms with van der Waals surface area (Å²) in [7, 11) is 0. The first-order valence-electron chi connectivity index (χ1n) is 15.8. The highest BCUT2D eigenvalue weighted by Gasteiger charge is 2.28. The lowest BCUT2D eigenvalue weighted by atomic mass is 10.0. The quantitative estimate of drug-likeness (QED) is 0.161. The lowest BCUT2D eigenvalue weighted by Gasteiger charge is -2.44. The van der Waals surface area contributed by atoms with Crippen molar-refractivity contribution in [3.63, 3.8) is 0 Å². The Morgan fingerprint density at radius 3 is 2.36 bits per heavy atom. The molecule has 242 valence electrons. The molecule has 0 aliphatic carbocycles. The molecule has 1 fully saturated rings. The second-order valence-corrected chi connectivity index (χ2v) is 11.8. The molecule has 4 N–H and O–H groups in total. The van der Waals surface area contributed by atoms with Crippen LogP contribution in [0.2, 0.25) is 0 Å². The van der Waals surface area contributed by atoms with Gasteiger partial charge in [0.05, 0.1) is 18.1 Å². The summed E-state index contributed by atoms with van der Waals surface area (Å²) in [4.78, 5) is 30.6. The van der Waals surface area contributed by atoms with Gasteiger partial charge in [-0.3, -0.25) is 14.8 Å². The minimum atomic E-state index is -0.847. The van der Waals surface area contributed by atoms with Gasteiger partial charge in [0.2, 0.25) is 5.91 Å². The number of aliphatic hydroxyl groups is 1. The first-order valence-corrected chi connectivity index (χ1v) is 15.8. The van der Waals surface area contributed by atoms with Crippen LogP contribution < -0.4 is 15.1 Å². The summed E-state index contributed by atoms with van der Waals surface area (Å²) in [6, 6.07) is 22.1. The summed E-state index contributed by atoms with van der Waals surface area (Å²) in [5, 5.41) is 34.1. The molecular formula is C36H39N7O4. The number of pyridine rings is 2. The van der Waals surface area contributed by atoms with E-state index in [0.29, 0.717) is 13.0 Å². The average molecular weight is 634 g/mol. The Hall–Kier alpha value is -5.42. The van der Waals surface area contributed by atoms with E-state index >= 15 is 0 Å². The topological polar surface area (TPSA) is 140 Å². The number of hydrogen-bond acceptors (Lipinski definition) is 9. The third-order valence-corrected chi connectivity index (χ3v) is 8.50. The number of piperazine rings is 1. The summed E-state index contributed by atoms with van der Waals surface area (Å²) >= 11 is 0. The fourth-order valence-electron chi connectivity index (χ4n) is 6.18. The summed E-state index contributed by atoms with van der Waals surface area (Å²) < 4.78 is 1.96. The van der Waals surface area contributed by atoms with E-state index in [1.807, 2.05) is 47.0 Å². The van der Waals surface area contributed by atoms with Crippen LogP contribution in [0.1, 0.15) is 24.1 Å². The van der Waals surface area contributed by atoms with Gasteiger partial charge in [-0.15, -0.1) is 0 Å². The number of aromatic hydroxyl groups is 2. The highest BCUT2D eigenvalue weighted by Crippen LogP contribution is 2.28. The molecule has 5 aromatic rings. The normalized spacial score (nSPS) is 15.4. The number of phenolic OH excluding ortho intramolecular Hbond substituents is 2. The summed E-state index contributed by atoms with van der Waals surface area (Å²) in [6.07, 6.45) is 9.01. The second kappa shape index (κ2) is 14.8. The van der Waals surface area contributed by atoms with Crippen LogP contribution in [0, 0.1) is 0 Å². The molecule has 3 aromatic heterocycles. The second-order valence-electron chi connectivity index (χ2n) is 11.8. The number of rotatable bonds is 12. The molecule has 2 aromatic carbocycles. The number of carbonyl (C=O) groups excluding carboxylic acids is 1.